The van der Waals surface area contributed by atoms with E-state index in [0.29, 0.717) is 12.1 Å². The lowest BCUT2D eigenvalue weighted by Crippen LogP contribution is -2.47. The van der Waals surface area contributed by atoms with Gasteiger partial charge in [0.15, 0.2) is 0 Å². The zero-order chi connectivity index (χ0) is 18.4. The third-order valence-electron chi connectivity index (χ3n) is 5.91. The van der Waals surface area contributed by atoms with Gasteiger partial charge in [-0.25, -0.2) is 0 Å². The summed E-state index contributed by atoms with van der Waals surface area (Å²) in [6.07, 6.45) is 6.50. The zero-order valence-corrected chi connectivity index (χ0v) is 16.1. The smallest absolute Gasteiger partial charge is 0.247 e. The first-order valence-corrected chi connectivity index (χ1v) is 9.92. The molecule has 1 aliphatic heterocycles. The Morgan fingerprint density at radius 2 is 1.65 bits per heavy atom. The Hall–Kier alpha value is -1.95. The number of nitrogens with zero attached hydrogens (tertiary/aromatic N) is 1. The third-order valence-corrected chi connectivity index (χ3v) is 6.43. The van der Waals surface area contributed by atoms with Crippen LogP contribution in [0.15, 0.2) is 40.9 Å². The highest BCUT2D eigenvalue weighted by molar-refractivity contribution is 9.10. The molecule has 5 atom stereocenters. The van der Waals surface area contributed by atoms with Crippen molar-refractivity contribution in [1.29, 1.82) is 0 Å². The Morgan fingerprint density at radius 3 is 2.12 bits per heavy atom. The van der Waals surface area contributed by atoms with E-state index in [4.69, 9.17) is 0 Å². The fraction of sp³-hybridized carbons (Fsp3) is 0.450. The summed E-state index contributed by atoms with van der Waals surface area (Å²) in [7, 11) is 0. The molecule has 2 fully saturated rings. The van der Waals surface area contributed by atoms with Crippen molar-refractivity contribution < 1.29 is 14.4 Å². The van der Waals surface area contributed by atoms with Gasteiger partial charge in [0.1, 0.15) is 6.04 Å². The second-order valence-electron chi connectivity index (χ2n) is 7.31. The Labute approximate surface area is 160 Å². The van der Waals surface area contributed by atoms with Gasteiger partial charge in [0, 0.05) is 10.2 Å². The van der Waals surface area contributed by atoms with Crippen LogP contribution in [0, 0.1) is 23.7 Å². The summed E-state index contributed by atoms with van der Waals surface area (Å²) >= 11 is 3.36. The number of fused-ring (bicyclic) bond motifs is 1. The Morgan fingerprint density at radius 1 is 1.12 bits per heavy atom. The van der Waals surface area contributed by atoms with Crippen LogP contribution in [0.2, 0.25) is 0 Å². The third kappa shape index (κ3) is 2.71. The maximum absolute atomic E-state index is 13.0. The fourth-order valence-corrected chi connectivity index (χ4v) is 4.91. The van der Waals surface area contributed by atoms with Crippen molar-refractivity contribution in [2.24, 2.45) is 23.7 Å². The number of hydrogen-bond acceptors (Lipinski definition) is 3. The number of halogens is 1. The monoisotopic (exact) mass is 416 g/mol. The molecule has 4 aliphatic rings. The minimum atomic E-state index is -0.761. The molecule has 0 radical (unpaired) electrons. The molecule has 1 aromatic carbocycles. The van der Waals surface area contributed by atoms with Gasteiger partial charge in [0.25, 0.3) is 0 Å². The van der Waals surface area contributed by atoms with Crippen LogP contribution in [0.5, 0.6) is 0 Å². The average molecular weight is 417 g/mol. The van der Waals surface area contributed by atoms with Crippen molar-refractivity contribution in [1.82, 2.24) is 4.90 Å². The van der Waals surface area contributed by atoms with Crippen LogP contribution in [0.1, 0.15) is 26.2 Å². The summed E-state index contributed by atoms with van der Waals surface area (Å²) in [6.45, 7) is 1.83. The Kier molecular flexibility index (Phi) is 4.47. The first-order chi connectivity index (χ1) is 12.5. The quantitative estimate of drug-likeness (QED) is 0.604. The van der Waals surface area contributed by atoms with E-state index in [9.17, 15) is 14.4 Å². The van der Waals surface area contributed by atoms with Crippen LogP contribution in [-0.4, -0.2) is 28.7 Å². The second kappa shape index (κ2) is 6.65. The highest BCUT2D eigenvalue weighted by Gasteiger charge is 2.58. The summed E-state index contributed by atoms with van der Waals surface area (Å²) < 4.78 is 0.916. The van der Waals surface area contributed by atoms with Gasteiger partial charge in [-0.05, 0) is 55.4 Å². The molecule has 1 N–H and O–H groups in total. The number of rotatable bonds is 4. The predicted octanol–water partition coefficient (Wildman–Crippen LogP) is 3.36. The summed E-state index contributed by atoms with van der Waals surface area (Å²) in [5.74, 6) is -0.928. The van der Waals surface area contributed by atoms with Crippen LogP contribution in [-0.2, 0) is 14.4 Å². The van der Waals surface area contributed by atoms with Crippen LogP contribution < -0.4 is 5.32 Å². The molecule has 6 heteroatoms. The lowest BCUT2D eigenvalue weighted by atomic mass is 9.63. The number of allylic oxidation sites excluding steroid dienone is 2. The molecule has 0 spiro atoms. The van der Waals surface area contributed by atoms with E-state index in [0.717, 1.165) is 17.3 Å². The van der Waals surface area contributed by atoms with Gasteiger partial charge in [-0.3, -0.25) is 19.3 Å². The molecule has 1 saturated carbocycles. The van der Waals surface area contributed by atoms with Gasteiger partial charge < -0.3 is 5.32 Å². The number of nitrogens with one attached hydrogen (secondary N) is 1. The maximum atomic E-state index is 13.0. The van der Waals surface area contributed by atoms with Gasteiger partial charge in [-0.15, -0.1) is 0 Å². The lowest BCUT2D eigenvalue weighted by Gasteiger charge is -2.38. The van der Waals surface area contributed by atoms with E-state index in [-0.39, 0.29) is 41.4 Å². The van der Waals surface area contributed by atoms with Crippen LogP contribution in [0.4, 0.5) is 5.69 Å². The fourth-order valence-electron chi connectivity index (χ4n) is 4.65. The molecule has 3 aliphatic carbocycles. The van der Waals surface area contributed by atoms with Crippen molar-refractivity contribution in [3.8, 4) is 0 Å². The SMILES string of the molecule is CC[C@@H](C(=O)Nc1ccc(Br)cc1)N1C(=O)[C@@H]2[C@H](C1=O)[C@H]1C=C[C@H]2CC1. The summed E-state index contributed by atoms with van der Waals surface area (Å²) in [6, 6.07) is 6.48. The maximum Gasteiger partial charge on any atom is 0.247 e. The van der Waals surface area contributed by atoms with Crippen LogP contribution in [0.3, 0.4) is 0 Å². The molecule has 0 unspecified atom stereocenters. The largest absolute Gasteiger partial charge is 0.324 e. The van der Waals surface area contributed by atoms with Gasteiger partial charge >= 0.3 is 0 Å². The molecule has 5 rings (SSSR count). The number of likely N-dealkylation sites (tertiary alicyclic amines) is 1. The Balaban J connectivity index is 1.56. The minimum absolute atomic E-state index is 0.137. The zero-order valence-electron chi connectivity index (χ0n) is 14.5. The highest BCUT2D eigenvalue weighted by atomic mass is 79.9. The summed E-state index contributed by atoms with van der Waals surface area (Å²) in [5, 5.41) is 2.84. The van der Waals surface area contributed by atoms with Crippen molar-refractivity contribution >= 4 is 39.3 Å². The van der Waals surface area contributed by atoms with E-state index >= 15 is 0 Å². The number of imide groups is 1. The predicted molar refractivity (Wildman–Crippen MR) is 101 cm³/mol. The number of benzene rings is 1. The minimum Gasteiger partial charge on any atom is -0.324 e. The number of hydrogen-bond donors (Lipinski definition) is 1. The van der Waals surface area contributed by atoms with Crippen molar-refractivity contribution in [2.45, 2.75) is 32.2 Å². The standard InChI is InChI=1S/C20H21BrN2O3/c1-2-15(18(24)22-14-9-7-13(21)8-10-14)23-19(25)16-11-3-4-12(6-5-11)17(16)20(23)26/h3-4,7-12,15-17H,2,5-6H2,1H3,(H,22,24)/t11-,12-,15-,16-,17+/m0/s1. The van der Waals surface area contributed by atoms with E-state index in [2.05, 4.69) is 33.4 Å². The first kappa shape index (κ1) is 17.5. The number of carbonyl (C=O) groups is 3. The molecule has 2 bridgehead atoms. The molecule has 1 saturated heterocycles. The van der Waals surface area contributed by atoms with Crippen molar-refractivity contribution in [2.75, 3.05) is 5.32 Å². The van der Waals surface area contributed by atoms with E-state index in [1.54, 1.807) is 12.1 Å². The molecule has 5 nitrogen and oxygen atoms in total. The normalized spacial score (nSPS) is 30.5. The molecular formula is C20H21BrN2O3. The molecule has 1 aromatic rings. The molecule has 0 aromatic heterocycles. The topological polar surface area (TPSA) is 66.5 Å². The van der Waals surface area contributed by atoms with Crippen molar-refractivity contribution in [3.63, 3.8) is 0 Å². The molecule has 136 valence electrons. The van der Waals surface area contributed by atoms with E-state index < -0.39 is 6.04 Å². The second-order valence-corrected chi connectivity index (χ2v) is 8.22. The first-order valence-electron chi connectivity index (χ1n) is 9.13. The van der Waals surface area contributed by atoms with Crippen LogP contribution >= 0.6 is 15.9 Å². The Bertz CT molecular complexity index is 757. The lowest BCUT2D eigenvalue weighted by molar-refractivity contribution is -0.146. The van der Waals surface area contributed by atoms with E-state index in [1.165, 1.54) is 4.90 Å². The van der Waals surface area contributed by atoms with Gasteiger partial charge in [-0.1, -0.05) is 35.0 Å². The molecule has 26 heavy (non-hydrogen) atoms. The molecule has 1 heterocycles. The molecular weight excluding hydrogens is 396 g/mol. The highest BCUT2D eigenvalue weighted by Crippen LogP contribution is 2.50. The van der Waals surface area contributed by atoms with Gasteiger partial charge in [0.2, 0.25) is 17.7 Å². The van der Waals surface area contributed by atoms with E-state index in [1.807, 2.05) is 19.1 Å². The molecule has 3 amide bonds. The van der Waals surface area contributed by atoms with Gasteiger partial charge in [-0.2, -0.15) is 0 Å². The number of amides is 3. The summed E-state index contributed by atoms with van der Waals surface area (Å²) in [5.41, 5.74) is 0.648. The average Bonchev–Trinajstić information content (AvgIpc) is 2.93. The number of carbonyl (C=O) groups excluding carboxylic acids is 3. The summed E-state index contributed by atoms with van der Waals surface area (Å²) in [4.78, 5) is 40.1. The van der Waals surface area contributed by atoms with Crippen LogP contribution in [0.25, 0.3) is 0 Å². The van der Waals surface area contributed by atoms with Crippen molar-refractivity contribution in [3.05, 3.63) is 40.9 Å². The number of anilines is 1. The van der Waals surface area contributed by atoms with Gasteiger partial charge in [0.05, 0.1) is 11.8 Å².